The Hall–Kier alpha value is 0.110. The lowest BCUT2D eigenvalue weighted by molar-refractivity contribution is 0.192. The van der Waals surface area contributed by atoms with E-state index in [9.17, 15) is 16.8 Å². The van der Waals surface area contributed by atoms with Gasteiger partial charge in [0.05, 0.1) is 23.5 Å². The van der Waals surface area contributed by atoms with Gasteiger partial charge in [-0.1, -0.05) is 0 Å². The molecular weight excluding hydrogens is 290 g/mol. The summed E-state index contributed by atoms with van der Waals surface area (Å²) in [6.45, 7) is 0.314. The molecule has 0 aromatic carbocycles. The average molecular weight is 308 g/mol. The lowest BCUT2D eigenvalue weighted by atomic mass is 10.4. The summed E-state index contributed by atoms with van der Waals surface area (Å²) in [5.41, 5.74) is 0. The first-order valence-corrected chi connectivity index (χ1v) is 8.94. The van der Waals surface area contributed by atoms with Crippen molar-refractivity contribution < 1.29 is 21.6 Å². The smallest absolute Gasteiger partial charge is 0.214 e. The third kappa shape index (κ3) is 7.93. The van der Waals surface area contributed by atoms with Crippen molar-refractivity contribution in [3.8, 4) is 0 Å². The molecule has 104 valence electrons. The third-order valence-corrected chi connectivity index (χ3v) is 5.28. The summed E-state index contributed by atoms with van der Waals surface area (Å²) in [6.07, 6.45) is 0.998. The summed E-state index contributed by atoms with van der Waals surface area (Å²) in [5, 5.41) is -0.460. The summed E-state index contributed by atoms with van der Waals surface area (Å²) in [6, 6.07) is 0. The van der Waals surface area contributed by atoms with E-state index in [1.165, 1.54) is 14.2 Å². The molecule has 0 saturated heterocycles. The lowest BCUT2D eigenvalue weighted by Crippen LogP contribution is -2.36. The van der Waals surface area contributed by atoms with Gasteiger partial charge in [-0.15, -0.1) is 11.6 Å². The molecule has 0 heterocycles. The molecular formula is C8H18ClNO5S2. The van der Waals surface area contributed by atoms with Crippen LogP contribution in [0.25, 0.3) is 0 Å². The predicted molar refractivity (Wildman–Crippen MR) is 67.6 cm³/mol. The standard InChI is InChI=1S/C8H18ClNO5S2/c1-10(6-8(9)7-15-2)17(13,14)5-4-16(3,11)12/h8H,4-7H2,1-3H3. The highest BCUT2D eigenvalue weighted by molar-refractivity contribution is 7.93. The van der Waals surface area contributed by atoms with Gasteiger partial charge in [0.25, 0.3) is 0 Å². The van der Waals surface area contributed by atoms with Crippen molar-refractivity contribution in [2.45, 2.75) is 5.38 Å². The van der Waals surface area contributed by atoms with Crippen LogP contribution in [0.15, 0.2) is 0 Å². The van der Waals surface area contributed by atoms with Crippen LogP contribution in [0.4, 0.5) is 0 Å². The molecule has 0 radical (unpaired) electrons. The molecule has 0 amide bonds. The van der Waals surface area contributed by atoms with Crippen molar-refractivity contribution in [2.75, 3.05) is 45.1 Å². The fourth-order valence-corrected chi connectivity index (χ4v) is 4.23. The molecule has 0 aliphatic heterocycles. The zero-order valence-corrected chi connectivity index (χ0v) is 12.5. The van der Waals surface area contributed by atoms with Gasteiger partial charge >= 0.3 is 0 Å². The molecule has 0 saturated carbocycles. The van der Waals surface area contributed by atoms with Gasteiger partial charge < -0.3 is 4.74 Å². The van der Waals surface area contributed by atoms with E-state index in [0.29, 0.717) is 0 Å². The highest BCUT2D eigenvalue weighted by atomic mass is 35.5. The van der Waals surface area contributed by atoms with Crippen LogP contribution in [0.3, 0.4) is 0 Å². The Kier molecular flexibility index (Phi) is 6.93. The van der Waals surface area contributed by atoms with Crippen LogP contribution in [0.5, 0.6) is 0 Å². The topological polar surface area (TPSA) is 80.8 Å². The Bertz CT molecular complexity index is 419. The monoisotopic (exact) mass is 307 g/mol. The highest BCUT2D eigenvalue weighted by Gasteiger charge is 2.22. The first-order chi connectivity index (χ1) is 7.58. The second kappa shape index (κ2) is 6.89. The van der Waals surface area contributed by atoms with Crippen LogP contribution in [0.2, 0.25) is 0 Å². The van der Waals surface area contributed by atoms with E-state index in [0.717, 1.165) is 10.6 Å². The van der Waals surface area contributed by atoms with Crippen molar-refractivity contribution in [2.24, 2.45) is 0 Å². The van der Waals surface area contributed by atoms with Crippen molar-refractivity contribution >= 4 is 31.5 Å². The van der Waals surface area contributed by atoms with E-state index in [-0.39, 0.29) is 13.2 Å². The second-order valence-corrected chi connectivity index (χ2v) is 8.85. The van der Waals surface area contributed by atoms with Crippen LogP contribution >= 0.6 is 11.6 Å². The molecule has 0 spiro atoms. The van der Waals surface area contributed by atoms with Crippen LogP contribution < -0.4 is 0 Å². The lowest BCUT2D eigenvalue weighted by Gasteiger charge is -2.19. The summed E-state index contributed by atoms with van der Waals surface area (Å²) in [5.74, 6) is -0.824. The maximum Gasteiger partial charge on any atom is 0.214 e. The predicted octanol–water partition coefficient (Wildman–Crippen LogP) is -0.454. The maximum absolute atomic E-state index is 11.7. The number of rotatable bonds is 8. The summed E-state index contributed by atoms with van der Waals surface area (Å²) < 4.78 is 51.0. The van der Waals surface area contributed by atoms with Crippen molar-refractivity contribution in [3.63, 3.8) is 0 Å². The summed E-state index contributed by atoms with van der Waals surface area (Å²) in [4.78, 5) is 0. The Balaban J connectivity index is 4.40. The number of hydrogen-bond acceptors (Lipinski definition) is 5. The molecule has 9 heteroatoms. The zero-order valence-electron chi connectivity index (χ0n) is 10.1. The van der Waals surface area contributed by atoms with E-state index in [4.69, 9.17) is 16.3 Å². The summed E-state index contributed by atoms with van der Waals surface area (Å²) >= 11 is 5.82. The largest absolute Gasteiger partial charge is 0.383 e. The first-order valence-electron chi connectivity index (χ1n) is 4.83. The minimum atomic E-state index is -3.59. The third-order valence-electron chi connectivity index (χ3n) is 1.99. The Morgan fingerprint density at radius 2 is 1.76 bits per heavy atom. The molecule has 0 N–H and O–H groups in total. The SMILES string of the molecule is COCC(Cl)CN(C)S(=O)(=O)CCS(C)(=O)=O. The fourth-order valence-electron chi connectivity index (χ4n) is 1.04. The molecule has 1 atom stereocenters. The molecule has 17 heavy (non-hydrogen) atoms. The normalized spacial score (nSPS) is 15.1. The molecule has 0 aromatic heterocycles. The Labute approximate surface area is 108 Å². The number of methoxy groups -OCH3 is 1. The number of halogens is 1. The minimum absolute atomic E-state index is 0.0848. The van der Waals surface area contributed by atoms with Crippen molar-refractivity contribution in [1.82, 2.24) is 4.31 Å². The van der Waals surface area contributed by atoms with Gasteiger partial charge in [-0.05, 0) is 0 Å². The highest BCUT2D eigenvalue weighted by Crippen LogP contribution is 2.05. The maximum atomic E-state index is 11.7. The van der Waals surface area contributed by atoms with Gasteiger partial charge in [-0.2, -0.15) is 0 Å². The first kappa shape index (κ1) is 17.1. The number of nitrogens with zero attached hydrogens (tertiary/aromatic N) is 1. The molecule has 0 fully saturated rings. The van der Waals surface area contributed by atoms with Gasteiger partial charge in [0.1, 0.15) is 9.84 Å². The number of sulfone groups is 1. The van der Waals surface area contributed by atoms with E-state index >= 15 is 0 Å². The van der Waals surface area contributed by atoms with Crippen LogP contribution in [0.1, 0.15) is 0 Å². The van der Waals surface area contributed by atoms with Crippen molar-refractivity contribution in [1.29, 1.82) is 0 Å². The summed E-state index contributed by atoms with van der Waals surface area (Å²) in [7, 11) is -4.06. The molecule has 0 aromatic rings. The van der Waals surface area contributed by atoms with Gasteiger partial charge in [0.2, 0.25) is 10.0 Å². The molecule has 0 rings (SSSR count). The van der Waals surface area contributed by atoms with Gasteiger partial charge in [0, 0.05) is 27.0 Å². The van der Waals surface area contributed by atoms with E-state index in [1.807, 2.05) is 0 Å². The molecule has 6 nitrogen and oxygen atoms in total. The fraction of sp³-hybridized carbons (Fsp3) is 1.00. The van der Waals surface area contributed by atoms with E-state index in [1.54, 1.807) is 0 Å². The van der Waals surface area contributed by atoms with Crippen molar-refractivity contribution in [3.05, 3.63) is 0 Å². The van der Waals surface area contributed by atoms with Crippen LogP contribution in [-0.2, 0) is 24.6 Å². The number of sulfonamides is 1. The Morgan fingerprint density at radius 3 is 2.18 bits per heavy atom. The number of hydrogen-bond donors (Lipinski definition) is 0. The zero-order chi connectivity index (χ0) is 13.7. The molecule has 0 aliphatic rings. The average Bonchev–Trinajstić information content (AvgIpc) is 2.14. The molecule has 0 aliphatic carbocycles. The Morgan fingerprint density at radius 1 is 1.24 bits per heavy atom. The van der Waals surface area contributed by atoms with E-state index < -0.39 is 36.7 Å². The number of alkyl halides is 1. The van der Waals surface area contributed by atoms with Gasteiger partial charge in [-0.25, -0.2) is 21.1 Å². The molecule has 1 unspecified atom stereocenters. The van der Waals surface area contributed by atoms with Gasteiger partial charge in [-0.3, -0.25) is 0 Å². The number of ether oxygens (including phenoxy) is 1. The molecule has 0 bridgehead atoms. The van der Waals surface area contributed by atoms with Gasteiger partial charge in [0.15, 0.2) is 0 Å². The van der Waals surface area contributed by atoms with Crippen LogP contribution in [0, 0.1) is 0 Å². The quantitative estimate of drug-likeness (QED) is 0.567. The van der Waals surface area contributed by atoms with E-state index in [2.05, 4.69) is 0 Å². The van der Waals surface area contributed by atoms with Crippen LogP contribution in [-0.4, -0.2) is 71.6 Å². The second-order valence-electron chi connectivity index (χ2n) is 3.78. The minimum Gasteiger partial charge on any atom is -0.383 e.